The van der Waals surface area contributed by atoms with Crippen molar-refractivity contribution in [3.8, 4) is 0 Å². The fourth-order valence-electron chi connectivity index (χ4n) is 1.51. The van der Waals surface area contributed by atoms with Crippen LogP contribution in [0.1, 0.15) is 25.8 Å². The summed E-state index contributed by atoms with van der Waals surface area (Å²) in [5, 5.41) is 3.43. The molecule has 0 amide bonds. The molecule has 1 nitrogen and oxygen atoms in total. The lowest BCUT2D eigenvalue weighted by molar-refractivity contribution is 0.556. The first-order chi connectivity index (χ1) is 7.24. The minimum absolute atomic E-state index is 0.631. The second-order valence-corrected chi connectivity index (χ2v) is 5.00. The molecular formula is C13H21NS. The molecule has 0 aromatic heterocycles. The molecule has 1 unspecified atom stereocenters. The lowest BCUT2D eigenvalue weighted by Crippen LogP contribution is -2.25. The van der Waals surface area contributed by atoms with Crippen LogP contribution in [0.25, 0.3) is 0 Å². The van der Waals surface area contributed by atoms with E-state index in [4.69, 9.17) is 0 Å². The molecule has 0 fully saturated rings. The van der Waals surface area contributed by atoms with Gasteiger partial charge in [-0.25, -0.2) is 0 Å². The molecule has 0 bridgehead atoms. The third kappa shape index (κ3) is 4.72. The van der Waals surface area contributed by atoms with Gasteiger partial charge in [-0.2, -0.15) is 0 Å². The minimum atomic E-state index is 0.631. The lowest BCUT2D eigenvalue weighted by atomic mass is 10.2. The van der Waals surface area contributed by atoms with Gasteiger partial charge in [-0.1, -0.05) is 25.1 Å². The van der Waals surface area contributed by atoms with E-state index in [2.05, 4.69) is 50.4 Å². The van der Waals surface area contributed by atoms with Crippen molar-refractivity contribution < 1.29 is 0 Å². The van der Waals surface area contributed by atoms with E-state index in [1.54, 1.807) is 0 Å². The Morgan fingerprint density at radius 3 is 2.73 bits per heavy atom. The smallest absolute Gasteiger partial charge is 0.0101 e. The van der Waals surface area contributed by atoms with Crippen LogP contribution in [0.4, 0.5) is 0 Å². The van der Waals surface area contributed by atoms with Gasteiger partial charge >= 0.3 is 0 Å². The third-order valence-corrected chi connectivity index (χ3v) is 3.66. The van der Waals surface area contributed by atoms with Gasteiger partial charge < -0.3 is 5.32 Å². The second-order valence-electron chi connectivity index (χ2n) is 3.86. The maximum Gasteiger partial charge on any atom is 0.0101 e. The molecule has 15 heavy (non-hydrogen) atoms. The van der Waals surface area contributed by atoms with Crippen LogP contribution in [0.3, 0.4) is 0 Å². The lowest BCUT2D eigenvalue weighted by Gasteiger charge is -2.12. The molecule has 0 aliphatic rings. The molecule has 0 aliphatic heterocycles. The van der Waals surface area contributed by atoms with Crippen molar-refractivity contribution in [3.05, 3.63) is 29.8 Å². The Morgan fingerprint density at radius 2 is 2.07 bits per heavy atom. The highest BCUT2D eigenvalue weighted by Crippen LogP contribution is 2.22. The van der Waals surface area contributed by atoms with Crippen LogP contribution in [0.2, 0.25) is 0 Å². The normalized spacial score (nSPS) is 12.7. The first-order valence-corrected chi connectivity index (χ1v) is 6.64. The number of nitrogens with one attached hydrogen (secondary N) is 1. The van der Waals surface area contributed by atoms with Crippen LogP contribution < -0.4 is 5.32 Å². The van der Waals surface area contributed by atoms with Crippen molar-refractivity contribution in [1.29, 1.82) is 0 Å². The molecule has 1 aromatic rings. The molecule has 84 valence electrons. The van der Waals surface area contributed by atoms with E-state index in [1.807, 2.05) is 11.8 Å². The Hall–Kier alpha value is -0.470. The predicted octanol–water partition coefficient (Wildman–Crippen LogP) is 3.48. The van der Waals surface area contributed by atoms with Crippen molar-refractivity contribution in [2.75, 3.05) is 12.3 Å². The van der Waals surface area contributed by atoms with Crippen molar-refractivity contribution in [2.24, 2.45) is 0 Å². The summed E-state index contributed by atoms with van der Waals surface area (Å²) in [5.41, 5.74) is 1.39. The maximum atomic E-state index is 3.43. The van der Waals surface area contributed by atoms with E-state index < -0.39 is 0 Å². The van der Waals surface area contributed by atoms with E-state index in [9.17, 15) is 0 Å². The molecule has 1 N–H and O–H groups in total. The van der Waals surface area contributed by atoms with E-state index in [-0.39, 0.29) is 0 Å². The van der Waals surface area contributed by atoms with Crippen molar-refractivity contribution in [2.45, 2.75) is 38.1 Å². The van der Waals surface area contributed by atoms with Gasteiger partial charge in [0.05, 0.1) is 0 Å². The second kappa shape index (κ2) is 6.91. The highest BCUT2D eigenvalue weighted by molar-refractivity contribution is 7.99. The zero-order valence-corrected chi connectivity index (χ0v) is 10.7. The van der Waals surface area contributed by atoms with Crippen LogP contribution in [0, 0.1) is 6.92 Å². The topological polar surface area (TPSA) is 12.0 Å². The summed E-state index contributed by atoms with van der Waals surface area (Å²) >= 11 is 1.96. The molecule has 1 atom stereocenters. The fourth-order valence-corrected chi connectivity index (χ4v) is 2.68. The first kappa shape index (κ1) is 12.6. The number of rotatable bonds is 6. The summed E-state index contributed by atoms with van der Waals surface area (Å²) in [6.45, 7) is 7.65. The van der Waals surface area contributed by atoms with Crippen LogP contribution >= 0.6 is 11.8 Å². The van der Waals surface area contributed by atoms with Crippen LogP contribution in [-0.4, -0.2) is 18.3 Å². The fraction of sp³-hybridized carbons (Fsp3) is 0.538. The van der Waals surface area contributed by atoms with Crippen LogP contribution in [0.5, 0.6) is 0 Å². The largest absolute Gasteiger partial charge is 0.315 e. The number of thioether (sulfide) groups is 1. The Kier molecular flexibility index (Phi) is 5.81. The monoisotopic (exact) mass is 223 g/mol. The van der Waals surface area contributed by atoms with Gasteiger partial charge in [-0.3, -0.25) is 0 Å². The summed E-state index contributed by atoms with van der Waals surface area (Å²) in [6.07, 6.45) is 1.23. The summed E-state index contributed by atoms with van der Waals surface area (Å²) in [5.74, 6) is 1.19. The summed E-state index contributed by atoms with van der Waals surface area (Å²) < 4.78 is 0. The molecule has 0 radical (unpaired) electrons. The van der Waals surface area contributed by atoms with Crippen molar-refractivity contribution in [1.82, 2.24) is 5.32 Å². The SMILES string of the molecule is CCNC(C)CCSc1ccccc1C. The average Bonchev–Trinajstić information content (AvgIpc) is 2.21. The molecule has 1 rings (SSSR count). The molecular weight excluding hydrogens is 202 g/mol. The van der Waals surface area contributed by atoms with Crippen molar-refractivity contribution >= 4 is 11.8 Å². The van der Waals surface area contributed by atoms with Gasteiger partial charge in [-0.05, 0) is 44.2 Å². The van der Waals surface area contributed by atoms with Gasteiger partial charge in [0.15, 0.2) is 0 Å². The summed E-state index contributed by atoms with van der Waals surface area (Å²) in [6, 6.07) is 9.23. The number of hydrogen-bond donors (Lipinski definition) is 1. The molecule has 0 saturated heterocycles. The maximum absolute atomic E-state index is 3.43. The van der Waals surface area contributed by atoms with Gasteiger partial charge in [0.2, 0.25) is 0 Å². The highest BCUT2D eigenvalue weighted by atomic mass is 32.2. The Balaban J connectivity index is 2.29. The summed E-state index contributed by atoms with van der Waals surface area (Å²) in [7, 11) is 0. The van der Waals surface area contributed by atoms with E-state index in [0.29, 0.717) is 6.04 Å². The van der Waals surface area contributed by atoms with Crippen molar-refractivity contribution in [3.63, 3.8) is 0 Å². The van der Waals surface area contributed by atoms with E-state index >= 15 is 0 Å². The van der Waals surface area contributed by atoms with Gasteiger partial charge in [0.25, 0.3) is 0 Å². The zero-order valence-electron chi connectivity index (χ0n) is 9.92. The van der Waals surface area contributed by atoms with Gasteiger partial charge in [0, 0.05) is 10.9 Å². The summed E-state index contributed by atoms with van der Waals surface area (Å²) in [4.78, 5) is 1.42. The first-order valence-electron chi connectivity index (χ1n) is 5.66. The molecule has 0 aliphatic carbocycles. The third-order valence-electron chi connectivity index (χ3n) is 2.45. The average molecular weight is 223 g/mol. The number of hydrogen-bond acceptors (Lipinski definition) is 2. The molecule has 2 heteroatoms. The quantitative estimate of drug-likeness (QED) is 0.741. The molecule has 0 spiro atoms. The number of aryl methyl sites for hydroxylation is 1. The standard InChI is InChI=1S/C13H21NS/c1-4-14-12(3)9-10-15-13-8-6-5-7-11(13)2/h5-8,12,14H,4,9-10H2,1-3H3. The van der Waals surface area contributed by atoms with E-state index in [1.165, 1.54) is 22.6 Å². The Bertz CT molecular complexity index is 286. The van der Waals surface area contributed by atoms with Gasteiger partial charge in [0.1, 0.15) is 0 Å². The van der Waals surface area contributed by atoms with Gasteiger partial charge in [-0.15, -0.1) is 11.8 Å². The Labute approximate surface area is 97.7 Å². The van der Waals surface area contributed by atoms with Crippen LogP contribution in [-0.2, 0) is 0 Å². The number of benzene rings is 1. The molecule has 0 heterocycles. The predicted molar refractivity (Wildman–Crippen MR) is 69.7 cm³/mol. The molecule has 0 saturated carbocycles. The Morgan fingerprint density at radius 1 is 1.33 bits per heavy atom. The zero-order chi connectivity index (χ0) is 11.1. The highest BCUT2D eigenvalue weighted by Gasteiger charge is 2.01. The minimum Gasteiger partial charge on any atom is -0.315 e. The molecule has 1 aromatic carbocycles. The van der Waals surface area contributed by atoms with E-state index in [0.717, 1.165) is 6.54 Å². The van der Waals surface area contributed by atoms with Crippen LogP contribution in [0.15, 0.2) is 29.2 Å².